The second-order valence-corrected chi connectivity index (χ2v) is 8.98. The van der Waals surface area contributed by atoms with Crippen LogP contribution in [0.5, 0.6) is 0 Å². The molecule has 4 bridgehead atoms. The second-order valence-electron chi connectivity index (χ2n) is 8.98. The summed E-state index contributed by atoms with van der Waals surface area (Å²) in [6, 6.07) is 7.59. The van der Waals surface area contributed by atoms with Crippen LogP contribution in [0.25, 0.3) is 0 Å². The van der Waals surface area contributed by atoms with Gasteiger partial charge in [-0.15, -0.1) is 0 Å². The Balaban J connectivity index is 1.26. The third-order valence-electron chi connectivity index (χ3n) is 6.78. The van der Waals surface area contributed by atoms with Crippen molar-refractivity contribution in [3.8, 4) is 0 Å². The van der Waals surface area contributed by atoms with Gasteiger partial charge in [-0.3, -0.25) is 9.59 Å². The lowest BCUT2D eigenvalue weighted by molar-refractivity contribution is -0.123. The largest absolute Gasteiger partial charge is 0.356 e. The number of hydrogen-bond acceptors (Lipinski definition) is 2. The van der Waals surface area contributed by atoms with E-state index in [9.17, 15) is 9.59 Å². The Morgan fingerprint density at radius 3 is 2.08 bits per heavy atom. The molecule has 0 aromatic heterocycles. The van der Waals surface area contributed by atoms with Crippen molar-refractivity contribution in [2.75, 3.05) is 6.54 Å². The molecule has 134 valence electrons. The van der Waals surface area contributed by atoms with Gasteiger partial charge in [0.05, 0.1) is 0 Å². The molecule has 4 fully saturated rings. The monoisotopic (exact) mass is 339 g/mol. The van der Waals surface area contributed by atoms with E-state index in [4.69, 9.17) is 0 Å². The first kappa shape index (κ1) is 16.8. The molecule has 25 heavy (non-hydrogen) atoms. The standard InChI is InChI=1S/C22H29NO2/c1-15-2-4-19(5-3-15)20(24)6-7-21(25)23-14-22-11-16-8-17(12-22)10-18(9-16)13-22/h2-5,16-18H,6-14H2,1H3,(H,23,25). The highest BCUT2D eigenvalue weighted by molar-refractivity contribution is 5.97. The molecule has 0 saturated heterocycles. The van der Waals surface area contributed by atoms with Crippen LogP contribution in [0.15, 0.2) is 24.3 Å². The van der Waals surface area contributed by atoms with E-state index in [0.29, 0.717) is 23.8 Å². The van der Waals surface area contributed by atoms with Crippen molar-refractivity contribution in [1.29, 1.82) is 0 Å². The molecule has 0 atom stereocenters. The van der Waals surface area contributed by atoms with Crippen LogP contribution in [0, 0.1) is 30.1 Å². The summed E-state index contributed by atoms with van der Waals surface area (Å²) in [6.07, 6.45) is 8.81. The van der Waals surface area contributed by atoms with Gasteiger partial charge in [-0.2, -0.15) is 0 Å². The van der Waals surface area contributed by atoms with Crippen LogP contribution in [-0.2, 0) is 4.79 Å². The zero-order valence-corrected chi connectivity index (χ0v) is 15.2. The molecule has 0 aliphatic heterocycles. The van der Waals surface area contributed by atoms with Crippen molar-refractivity contribution >= 4 is 11.7 Å². The summed E-state index contributed by atoms with van der Waals surface area (Å²) in [6.45, 7) is 2.83. The molecule has 1 N–H and O–H groups in total. The molecule has 0 heterocycles. The van der Waals surface area contributed by atoms with E-state index in [1.54, 1.807) is 0 Å². The predicted molar refractivity (Wildman–Crippen MR) is 98.4 cm³/mol. The average Bonchev–Trinajstić information content (AvgIpc) is 2.57. The van der Waals surface area contributed by atoms with Crippen LogP contribution in [0.1, 0.15) is 67.3 Å². The summed E-state index contributed by atoms with van der Waals surface area (Å²) in [7, 11) is 0. The van der Waals surface area contributed by atoms with Crippen LogP contribution in [0.2, 0.25) is 0 Å². The molecule has 4 aliphatic carbocycles. The SMILES string of the molecule is Cc1ccc(C(=O)CCC(=O)NCC23CC4CC(CC(C4)C2)C3)cc1. The molecule has 1 aromatic carbocycles. The zero-order valence-electron chi connectivity index (χ0n) is 15.2. The second kappa shape index (κ2) is 6.59. The average molecular weight is 339 g/mol. The minimum Gasteiger partial charge on any atom is -0.356 e. The third-order valence-corrected chi connectivity index (χ3v) is 6.78. The molecule has 4 saturated carbocycles. The fourth-order valence-corrected chi connectivity index (χ4v) is 5.99. The predicted octanol–water partition coefficient (Wildman–Crippen LogP) is 4.29. The van der Waals surface area contributed by atoms with Crippen LogP contribution in [0.4, 0.5) is 0 Å². The first-order chi connectivity index (χ1) is 12.0. The van der Waals surface area contributed by atoms with E-state index >= 15 is 0 Å². The quantitative estimate of drug-likeness (QED) is 0.786. The normalized spacial score (nSPS) is 32.6. The summed E-state index contributed by atoms with van der Waals surface area (Å²) >= 11 is 0. The maximum Gasteiger partial charge on any atom is 0.220 e. The molecule has 1 aromatic rings. The van der Waals surface area contributed by atoms with E-state index in [2.05, 4.69) is 5.32 Å². The van der Waals surface area contributed by atoms with Gasteiger partial charge in [-0.25, -0.2) is 0 Å². The summed E-state index contributed by atoms with van der Waals surface area (Å²) in [5, 5.41) is 3.16. The van der Waals surface area contributed by atoms with Crippen LogP contribution < -0.4 is 5.32 Å². The number of aryl methyl sites for hydroxylation is 1. The van der Waals surface area contributed by atoms with Gasteiger partial charge in [0.25, 0.3) is 0 Å². The van der Waals surface area contributed by atoms with Crippen molar-refractivity contribution in [2.45, 2.75) is 58.3 Å². The smallest absolute Gasteiger partial charge is 0.220 e. The van der Waals surface area contributed by atoms with E-state index in [1.807, 2.05) is 31.2 Å². The molecule has 5 rings (SSSR count). The van der Waals surface area contributed by atoms with E-state index in [0.717, 1.165) is 29.9 Å². The minimum atomic E-state index is 0.0382. The maximum absolute atomic E-state index is 12.3. The molecule has 1 amide bonds. The Labute approximate surface area is 150 Å². The summed E-state index contributed by atoms with van der Waals surface area (Å²) in [4.78, 5) is 24.5. The first-order valence-corrected chi connectivity index (χ1v) is 9.88. The number of benzene rings is 1. The Morgan fingerprint density at radius 1 is 0.960 bits per heavy atom. The molecular formula is C22H29NO2. The lowest BCUT2D eigenvalue weighted by Crippen LogP contribution is -2.51. The van der Waals surface area contributed by atoms with E-state index < -0.39 is 0 Å². The highest BCUT2D eigenvalue weighted by atomic mass is 16.2. The lowest BCUT2D eigenvalue weighted by Gasteiger charge is -2.56. The highest BCUT2D eigenvalue weighted by Crippen LogP contribution is 2.59. The van der Waals surface area contributed by atoms with Crippen molar-refractivity contribution in [2.24, 2.45) is 23.2 Å². The van der Waals surface area contributed by atoms with Gasteiger partial charge in [-0.05, 0) is 68.6 Å². The number of nitrogens with one attached hydrogen (secondary N) is 1. The number of carbonyl (C=O) groups excluding carboxylic acids is 2. The van der Waals surface area contributed by atoms with E-state index in [-0.39, 0.29) is 11.7 Å². The number of hydrogen-bond donors (Lipinski definition) is 1. The minimum absolute atomic E-state index is 0.0382. The van der Waals surface area contributed by atoms with Gasteiger partial charge in [0.1, 0.15) is 0 Å². The van der Waals surface area contributed by atoms with Gasteiger partial charge in [0, 0.05) is 24.9 Å². The molecule has 3 heteroatoms. The first-order valence-electron chi connectivity index (χ1n) is 9.88. The van der Waals surface area contributed by atoms with Gasteiger partial charge >= 0.3 is 0 Å². The third kappa shape index (κ3) is 3.65. The number of rotatable bonds is 6. The molecular weight excluding hydrogens is 310 g/mol. The maximum atomic E-state index is 12.3. The van der Waals surface area contributed by atoms with Crippen molar-refractivity contribution < 1.29 is 9.59 Å². The number of carbonyl (C=O) groups is 2. The van der Waals surface area contributed by atoms with Crippen molar-refractivity contribution in [3.05, 3.63) is 35.4 Å². The number of Topliss-reactive ketones (excluding diaryl/α,β-unsaturated/α-hetero) is 1. The Morgan fingerprint density at radius 2 is 1.52 bits per heavy atom. The van der Waals surface area contributed by atoms with Gasteiger partial charge < -0.3 is 5.32 Å². The zero-order chi connectivity index (χ0) is 17.4. The lowest BCUT2D eigenvalue weighted by atomic mass is 9.49. The Bertz CT molecular complexity index is 626. The van der Waals surface area contributed by atoms with E-state index in [1.165, 1.54) is 38.5 Å². The van der Waals surface area contributed by atoms with Crippen LogP contribution >= 0.6 is 0 Å². The highest BCUT2D eigenvalue weighted by Gasteiger charge is 2.50. The number of ketones is 1. The fourth-order valence-electron chi connectivity index (χ4n) is 5.99. The molecule has 0 spiro atoms. The summed E-state index contributed by atoms with van der Waals surface area (Å²) in [5.74, 6) is 2.82. The Hall–Kier alpha value is -1.64. The van der Waals surface area contributed by atoms with Gasteiger partial charge in [-0.1, -0.05) is 29.8 Å². The summed E-state index contributed by atoms with van der Waals surface area (Å²) < 4.78 is 0. The molecule has 0 radical (unpaired) electrons. The molecule has 0 unspecified atom stereocenters. The summed E-state index contributed by atoms with van der Waals surface area (Å²) in [5.41, 5.74) is 2.22. The molecule has 4 aliphatic rings. The molecule has 3 nitrogen and oxygen atoms in total. The number of amides is 1. The fraction of sp³-hybridized carbons (Fsp3) is 0.636. The van der Waals surface area contributed by atoms with Gasteiger partial charge in [0.15, 0.2) is 5.78 Å². The van der Waals surface area contributed by atoms with Crippen LogP contribution in [-0.4, -0.2) is 18.2 Å². The van der Waals surface area contributed by atoms with Crippen molar-refractivity contribution in [1.82, 2.24) is 5.32 Å². The van der Waals surface area contributed by atoms with Crippen LogP contribution in [0.3, 0.4) is 0 Å². The van der Waals surface area contributed by atoms with Gasteiger partial charge in [0.2, 0.25) is 5.91 Å². The Kier molecular flexibility index (Phi) is 4.43. The topological polar surface area (TPSA) is 46.2 Å². The van der Waals surface area contributed by atoms with Crippen molar-refractivity contribution in [3.63, 3.8) is 0 Å².